The number of carbonyl (C=O) groups is 1. The molecule has 1 N–H and O–H groups in total. The lowest BCUT2D eigenvalue weighted by atomic mass is 10.3. The smallest absolute Gasteiger partial charge is 0.309 e. The summed E-state index contributed by atoms with van der Waals surface area (Å²) in [5.41, 5.74) is 0. The number of esters is 1. The summed E-state index contributed by atoms with van der Waals surface area (Å²) in [4.78, 5) is 15.2. The Morgan fingerprint density at radius 1 is 1.85 bits per heavy atom. The van der Waals surface area contributed by atoms with Gasteiger partial charge in [-0.05, 0) is 13.3 Å². The SMILES string of the molecule is CCOC(=O)[C@@H]1C[C@H]1c1ncn[nH]1. The fourth-order valence-corrected chi connectivity index (χ4v) is 1.40. The molecule has 0 saturated heterocycles. The van der Waals surface area contributed by atoms with Crippen LogP contribution < -0.4 is 0 Å². The summed E-state index contributed by atoms with van der Waals surface area (Å²) < 4.78 is 4.89. The minimum absolute atomic E-state index is 0.00657. The van der Waals surface area contributed by atoms with E-state index in [1.54, 1.807) is 0 Å². The van der Waals surface area contributed by atoms with Crippen molar-refractivity contribution in [1.82, 2.24) is 15.2 Å². The topological polar surface area (TPSA) is 67.9 Å². The van der Waals surface area contributed by atoms with E-state index in [9.17, 15) is 4.79 Å². The molecule has 0 aliphatic heterocycles. The number of aromatic amines is 1. The molecule has 0 radical (unpaired) electrons. The molecule has 1 aliphatic rings. The molecule has 70 valence electrons. The Labute approximate surface area is 75.5 Å². The zero-order chi connectivity index (χ0) is 9.26. The quantitative estimate of drug-likeness (QED) is 0.688. The van der Waals surface area contributed by atoms with Crippen LogP contribution >= 0.6 is 0 Å². The predicted octanol–water partition coefficient (Wildman–Crippen LogP) is 0.471. The van der Waals surface area contributed by atoms with Crippen molar-refractivity contribution >= 4 is 5.97 Å². The van der Waals surface area contributed by atoms with Crippen LogP contribution in [0.25, 0.3) is 0 Å². The van der Waals surface area contributed by atoms with E-state index in [2.05, 4.69) is 15.2 Å². The van der Waals surface area contributed by atoms with Gasteiger partial charge in [-0.3, -0.25) is 9.89 Å². The Morgan fingerprint density at radius 2 is 2.69 bits per heavy atom. The van der Waals surface area contributed by atoms with E-state index in [1.807, 2.05) is 6.92 Å². The Morgan fingerprint density at radius 3 is 3.31 bits per heavy atom. The van der Waals surface area contributed by atoms with Gasteiger partial charge in [0.25, 0.3) is 0 Å². The molecular weight excluding hydrogens is 170 g/mol. The van der Waals surface area contributed by atoms with Crippen LogP contribution in [0, 0.1) is 5.92 Å². The second kappa shape index (κ2) is 3.16. The first-order valence-electron chi connectivity index (χ1n) is 4.34. The Bertz CT molecular complexity index is 296. The third kappa shape index (κ3) is 1.54. The summed E-state index contributed by atoms with van der Waals surface area (Å²) in [6, 6.07) is 0. The predicted molar refractivity (Wildman–Crippen MR) is 43.9 cm³/mol. The van der Waals surface area contributed by atoms with Crippen molar-refractivity contribution in [2.24, 2.45) is 5.92 Å². The van der Waals surface area contributed by atoms with Crippen LogP contribution in [0.4, 0.5) is 0 Å². The van der Waals surface area contributed by atoms with Crippen LogP contribution in [0.2, 0.25) is 0 Å². The van der Waals surface area contributed by atoms with Crippen molar-refractivity contribution in [3.8, 4) is 0 Å². The average Bonchev–Trinajstić information content (AvgIpc) is 2.74. The first kappa shape index (κ1) is 8.22. The number of nitrogens with one attached hydrogen (secondary N) is 1. The Kier molecular flexibility index (Phi) is 2.00. The van der Waals surface area contributed by atoms with Crippen molar-refractivity contribution in [3.05, 3.63) is 12.2 Å². The van der Waals surface area contributed by atoms with Gasteiger partial charge in [-0.25, -0.2) is 4.98 Å². The van der Waals surface area contributed by atoms with Gasteiger partial charge in [-0.15, -0.1) is 0 Å². The van der Waals surface area contributed by atoms with Gasteiger partial charge in [0, 0.05) is 5.92 Å². The third-order valence-electron chi connectivity index (χ3n) is 2.16. The zero-order valence-electron chi connectivity index (χ0n) is 7.36. The second-order valence-electron chi connectivity index (χ2n) is 3.07. The van der Waals surface area contributed by atoms with Crippen LogP contribution in [0.1, 0.15) is 25.1 Å². The number of ether oxygens (including phenoxy) is 1. The fraction of sp³-hybridized carbons (Fsp3) is 0.625. The van der Waals surface area contributed by atoms with Crippen LogP contribution in [0.3, 0.4) is 0 Å². The van der Waals surface area contributed by atoms with Crippen LogP contribution in [0.15, 0.2) is 6.33 Å². The summed E-state index contributed by atoms with van der Waals surface area (Å²) in [5, 5.41) is 6.49. The molecule has 2 atom stereocenters. The van der Waals surface area contributed by atoms with Crippen LogP contribution in [-0.4, -0.2) is 27.8 Å². The number of nitrogens with zero attached hydrogens (tertiary/aromatic N) is 2. The molecular formula is C8H11N3O2. The van der Waals surface area contributed by atoms with Gasteiger partial charge < -0.3 is 4.74 Å². The minimum atomic E-state index is -0.121. The van der Waals surface area contributed by atoms with E-state index < -0.39 is 0 Å². The van der Waals surface area contributed by atoms with Gasteiger partial charge in [0.2, 0.25) is 0 Å². The number of H-pyrrole nitrogens is 1. The van der Waals surface area contributed by atoms with Gasteiger partial charge in [0.1, 0.15) is 12.2 Å². The Hall–Kier alpha value is -1.39. The largest absolute Gasteiger partial charge is 0.466 e. The molecule has 1 fully saturated rings. The van der Waals surface area contributed by atoms with Crippen molar-refractivity contribution in [2.45, 2.75) is 19.3 Å². The summed E-state index contributed by atoms with van der Waals surface area (Å²) in [6.45, 7) is 2.25. The molecule has 2 rings (SSSR count). The lowest BCUT2D eigenvalue weighted by Gasteiger charge is -1.98. The molecule has 0 spiro atoms. The van der Waals surface area contributed by atoms with E-state index in [-0.39, 0.29) is 17.8 Å². The molecule has 1 heterocycles. The summed E-state index contributed by atoms with van der Waals surface area (Å²) in [6.07, 6.45) is 2.28. The standard InChI is InChI=1S/C8H11N3O2/c1-2-13-8(12)6-3-5(6)7-9-4-10-11-7/h4-6H,2-3H2,1H3,(H,9,10,11)/t5-,6-/m1/s1. The van der Waals surface area contributed by atoms with Gasteiger partial charge in [-0.1, -0.05) is 0 Å². The highest BCUT2D eigenvalue weighted by Gasteiger charge is 2.47. The summed E-state index contributed by atoms with van der Waals surface area (Å²) in [7, 11) is 0. The highest BCUT2D eigenvalue weighted by Crippen LogP contribution is 2.46. The molecule has 5 heteroatoms. The highest BCUT2D eigenvalue weighted by atomic mass is 16.5. The molecule has 0 amide bonds. The lowest BCUT2D eigenvalue weighted by molar-refractivity contribution is -0.144. The van der Waals surface area contributed by atoms with Crippen molar-refractivity contribution in [3.63, 3.8) is 0 Å². The van der Waals surface area contributed by atoms with Crippen molar-refractivity contribution < 1.29 is 9.53 Å². The van der Waals surface area contributed by atoms with Gasteiger partial charge >= 0.3 is 5.97 Å². The normalized spacial score (nSPS) is 25.6. The van der Waals surface area contributed by atoms with Crippen molar-refractivity contribution in [1.29, 1.82) is 0 Å². The molecule has 0 bridgehead atoms. The Balaban J connectivity index is 1.92. The van der Waals surface area contributed by atoms with E-state index in [1.165, 1.54) is 6.33 Å². The monoisotopic (exact) mass is 181 g/mol. The molecule has 1 aliphatic carbocycles. The van der Waals surface area contributed by atoms with Gasteiger partial charge in [0.05, 0.1) is 12.5 Å². The molecule has 1 saturated carbocycles. The van der Waals surface area contributed by atoms with E-state index in [0.717, 1.165) is 12.2 Å². The second-order valence-corrected chi connectivity index (χ2v) is 3.07. The average molecular weight is 181 g/mol. The number of hydrogen-bond donors (Lipinski definition) is 1. The molecule has 0 unspecified atom stereocenters. The maximum absolute atomic E-state index is 11.2. The third-order valence-corrected chi connectivity index (χ3v) is 2.16. The maximum Gasteiger partial charge on any atom is 0.309 e. The first-order valence-corrected chi connectivity index (χ1v) is 4.34. The van der Waals surface area contributed by atoms with E-state index in [4.69, 9.17) is 4.74 Å². The zero-order valence-corrected chi connectivity index (χ0v) is 7.36. The van der Waals surface area contributed by atoms with Gasteiger partial charge in [0.15, 0.2) is 0 Å². The van der Waals surface area contributed by atoms with Crippen LogP contribution in [-0.2, 0) is 9.53 Å². The molecule has 1 aromatic rings. The molecule has 5 nitrogen and oxygen atoms in total. The van der Waals surface area contributed by atoms with E-state index in [0.29, 0.717) is 6.61 Å². The van der Waals surface area contributed by atoms with Crippen molar-refractivity contribution in [2.75, 3.05) is 6.61 Å². The summed E-state index contributed by atoms with van der Waals surface area (Å²) in [5.74, 6) is 0.858. The lowest BCUT2D eigenvalue weighted by Crippen LogP contribution is -2.07. The number of hydrogen-bond acceptors (Lipinski definition) is 4. The molecule has 1 aromatic heterocycles. The number of rotatable bonds is 3. The fourth-order valence-electron chi connectivity index (χ4n) is 1.40. The number of aromatic nitrogens is 3. The van der Waals surface area contributed by atoms with Gasteiger partial charge in [-0.2, -0.15) is 5.10 Å². The molecule has 13 heavy (non-hydrogen) atoms. The summed E-state index contributed by atoms with van der Waals surface area (Å²) >= 11 is 0. The van der Waals surface area contributed by atoms with Crippen LogP contribution in [0.5, 0.6) is 0 Å². The molecule has 0 aromatic carbocycles. The maximum atomic E-state index is 11.2. The number of carbonyl (C=O) groups excluding carboxylic acids is 1. The first-order chi connectivity index (χ1) is 6.33. The highest BCUT2D eigenvalue weighted by molar-refractivity contribution is 5.76. The minimum Gasteiger partial charge on any atom is -0.466 e. The van der Waals surface area contributed by atoms with E-state index >= 15 is 0 Å².